The van der Waals surface area contributed by atoms with Gasteiger partial charge in [-0.15, -0.1) is 15.3 Å². The molecule has 5 rings (SSSR count). The maximum atomic E-state index is 12.5. The van der Waals surface area contributed by atoms with Gasteiger partial charge in [0.05, 0.1) is 0 Å². The highest BCUT2D eigenvalue weighted by Gasteiger charge is 2.23. The summed E-state index contributed by atoms with van der Waals surface area (Å²) in [5.41, 5.74) is 4.36. The van der Waals surface area contributed by atoms with Crippen molar-refractivity contribution in [1.29, 1.82) is 0 Å². The number of carbonyl (C=O) groups is 1. The van der Waals surface area contributed by atoms with Gasteiger partial charge in [0.2, 0.25) is 5.91 Å². The van der Waals surface area contributed by atoms with Crippen molar-refractivity contribution >= 4 is 17.4 Å². The lowest BCUT2D eigenvalue weighted by Crippen LogP contribution is -2.31. The smallest absolute Gasteiger partial charge is 0.220 e. The summed E-state index contributed by atoms with van der Waals surface area (Å²) < 4.78 is 1.71. The van der Waals surface area contributed by atoms with Crippen molar-refractivity contribution in [2.45, 2.75) is 39.3 Å². The van der Waals surface area contributed by atoms with E-state index in [-0.39, 0.29) is 5.91 Å². The molecular formula is C27H32N8O. The minimum atomic E-state index is 0.0367. The summed E-state index contributed by atoms with van der Waals surface area (Å²) in [7, 11) is 0. The van der Waals surface area contributed by atoms with Gasteiger partial charge in [-0.1, -0.05) is 35.9 Å². The van der Waals surface area contributed by atoms with Crippen LogP contribution in [0.4, 0.5) is 5.82 Å². The van der Waals surface area contributed by atoms with Crippen molar-refractivity contribution in [3.8, 4) is 0 Å². The van der Waals surface area contributed by atoms with Gasteiger partial charge in [0.15, 0.2) is 11.5 Å². The van der Waals surface area contributed by atoms with E-state index in [0.717, 1.165) is 31.6 Å². The lowest BCUT2D eigenvalue weighted by Gasteiger charge is -2.16. The fourth-order valence-electron chi connectivity index (χ4n) is 4.53. The lowest BCUT2D eigenvalue weighted by atomic mass is 10.1. The highest BCUT2D eigenvalue weighted by atomic mass is 16.1. The second-order valence-electron chi connectivity index (χ2n) is 9.50. The molecule has 0 aliphatic carbocycles. The van der Waals surface area contributed by atoms with Crippen LogP contribution in [0, 0.1) is 12.8 Å². The Hall–Kier alpha value is -3.85. The Morgan fingerprint density at radius 3 is 2.81 bits per heavy atom. The number of carbonyl (C=O) groups excluding carboxylic acids is 1. The van der Waals surface area contributed by atoms with Crippen LogP contribution in [-0.4, -0.2) is 55.2 Å². The summed E-state index contributed by atoms with van der Waals surface area (Å²) in [6.45, 7) is 6.50. The number of amides is 1. The zero-order valence-corrected chi connectivity index (χ0v) is 20.6. The predicted molar refractivity (Wildman–Crippen MR) is 138 cm³/mol. The summed E-state index contributed by atoms with van der Waals surface area (Å²) in [5.74, 6) is 1.92. The second kappa shape index (κ2) is 11.3. The van der Waals surface area contributed by atoms with Gasteiger partial charge in [-0.25, -0.2) is 0 Å². The molecule has 4 aromatic rings. The molecule has 186 valence electrons. The number of anilines is 1. The topological polar surface area (TPSA) is 100 Å². The predicted octanol–water partition coefficient (Wildman–Crippen LogP) is 3.01. The molecule has 4 heterocycles. The summed E-state index contributed by atoms with van der Waals surface area (Å²) >= 11 is 0. The molecule has 0 spiro atoms. The molecule has 0 saturated carbocycles. The molecule has 1 aromatic carbocycles. The molecule has 0 unspecified atom stereocenters. The third-order valence-electron chi connectivity index (χ3n) is 6.58. The van der Waals surface area contributed by atoms with Crippen LogP contribution in [0.2, 0.25) is 0 Å². The largest absolute Gasteiger partial charge is 0.364 e. The van der Waals surface area contributed by atoms with Crippen LogP contribution in [-0.2, 0) is 24.3 Å². The van der Waals surface area contributed by atoms with E-state index in [9.17, 15) is 4.79 Å². The van der Waals surface area contributed by atoms with E-state index in [1.165, 1.54) is 11.1 Å². The van der Waals surface area contributed by atoms with Gasteiger partial charge >= 0.3 is 0 Å². The maximum Gasteiger partial charge on any atom is 0.220 e. The first-order chi connectivity index (χ1) is 17.6. The first-order valence-corrected chi connectivity index (χ1v) is 12.5. The highest BCUT2D eigenvalue weighted by molar-refractivity contribution is 5.76. The number of aromatic nitrogens is 5. The second-order valence-corrected chi connectivity index (χ2v) is 9.50. The van der Waals surface area contributed by atoms with Gasteiger partial charge in [0.25, 0.3) is 0 Å². The molecule has 36 heavy (non-hydrogen) atoms. The SMILES string of the molecule is Cc1ccc(CN2CC[C@H](CNC(=O)CCc3nnc4ccc(NCc5cccnc5)nn34)C2)cc1. The number of rotatable bonds is 10. The quantitative estimate of drug-likeness (QED) is 0.357. The normalized spacial score (nSPS) is 15.9. The summed E-state index contributed by atoms with van der Waals surface area (Å²) in [6.07, 6.45) is 5.52. The fourth-order valence-corrected chi connectivity index (χ4v) is 4.53. The number of likely N-dealkylation sites (tertiary alicyclic amines) is 1. The van der Waals surface area contributed by atoms with E-state index in [4.69, 9.17) is 0 Å². The number of nitrogens with zero attached hydrogens (tertiary/aromatic N) is 6. The van der Waals surface area contributed by atoms with E-state index in [1.807, 2.05) is 30.5 Å². The molecule has 3 aromatic heterocycles. The summed E-state index contributed by atoms with van der Waals surface area (Å²) in [4.78, 5) is 19.1. The van der Waals surface area contributed by atoms with Crippen LogP contribution >= 0.6 is 0 Å². The molecule has 9 heteroatoms. The molecule has 1 aliphatic heterocycles. The Labute approximate surface area is 211 Å². The fraction of sp³-hybridized carbons (Fsp3) is 0.370. The molecule has 1 atom stereocenters. The van der Waals surface area contributed by atoms with Crippen molar-refractivity contribution in [1.82, 2.24) is 35.0 Å². The van der Waals surface area contributed by atoms with E-state index >= 15 is 0 Å². The number of hydrogen-bond acceptors (Lipinski definition) is 7. The van der Waals surface area contributed by atoms with Crippen LogP contribution in [0.1, 0.15) is 35.4 Å². The van der Waals surface area contributed by atoms with Gasteiger partial charge in [-0.05, 0) is 55.1 Å². The minimum Gasteiger partial charge on any atom is -0.364 e. The lowest BCUT2D eigenvalue weighted by molar-refractivity contribution is -0.121. The van der Waals surface area contributed by atoms with Crippen LogP contribution < -0.4 is 10.6 Å². The van der Waals surface area contributed by atoms with Crippen molar-refractivity contribution in [3.63, 3.8) is 0 Å². The molecule has 1 fully saturated rings. The van der Waals surface area contributed by atoms with Gasteiger partial charge in [0, 0.05) is 51.4 Å². The van der Waals surface area contributed by atoms with Crippen LogP contribution in [0.5, 0.6) is 0 Å². The summed E-state index contributed by atoms with van der Waals surface area (Å²) in [6, 6.07) is 16.4. The average molecular weight is 485 g/mol. The van der Waals surface area contributed by atoms with Crippen LogP contribution in [0.25, 0.3) is 5.65 Å². The molecule has 9 nitrogen and oxygen atoms in total. The van der Waals surface area contributed by atoms with E-state index in [2.05, 4.69) is 67.0 Å². The van der Waals surface area contributed by atoms with Gasteiger partial charge in [-0.3, -0.25) is 14.7 Å². The standard InChI is InChI=1S/C27H32N8O/c1-20-4-6-21(7-5-20)18-34-14-12-23(19-34)17-30-27(36)11-10-26-32-31-25-9-8-24(33-35(25)26)29-16-22-3-2-13-28-15-22/h2-9,13,15,23H,10-12,14,16-19H2,1H3,(H,29,33)(H,30,36)/t23-/m1/s1. The zero-order valence-electron chi connectivity index (χ0n) is 20.6. The Balaban J connectivity index is 1.07. The number of pyridine rings is 1. The van der Waals surface area contributed by atoms with Crippen molar-refractivity contribution in [2.24, 2.45) is 5.92 Å². The number of fused-ring (bicyclic) bond motifs is 1. The Morgan fingerprint density at radius 1 is 1.08 bits per heavy atom. The molecule has 2 N–H and O–H groups in total. The van der Waals surface area contributed by atoms with Gasteiger partial charge < -0.3 is 10.6 Å². The minimum absolute atomic E-state index is 0.0367. The average Bonchev–Trinajstić information content (AvgIpc) is 3.53. The number of hydrogen-bond donors (Lipinski definition) is 2. The van der Waals surface area contributed by atoms with Crippen LogP contribution in [0.15, 0.2) is 60.9 Å². The van der Waals surface area contributed by atoms with Crippen molar-refractivity contribution in [3.05, 3.63) is 83.4 Å². The Bertz CT molecular complexity index is 1290. The van der Waals surface area contributed by atoms with Crippen LogP contribution in [0.3, 0.4) is 0 Å². The van der Waals surface area contributed by atoms with E-state index in [1.54, 1.807) is 10.7 Å². The monoisotopic (exact) mass is 484 g/mol. The number of benzene rings is 1. The van der Waals surface area contributed by atoms with Crippen molar-refractivity contribution < 1.29 is 4.79 Å². The summed E-state index contributed by atoms with van der Waals surface area (Å²) in [5, 5.41) is 19.5. The van der Waals surface area contributed by atoms with Crippen molar-refractivity contribution in [2.75, 3.05) is 25.0 Å². The molecule has 1 amide bonds. The molecule has 1 saturated heterocycles. The molecule has 1 aliphatic rings. The van der Waals surface area contributed by atoms with E-state index in [0.29, 0.717) is 49.1 Å². The molecule has 0 bridgehead atoms. The Morgan fingerprint density at radius 2 is 1.97 bits per heavy atom. The van der Waals surface area contributed by atoms with E-state index < -0.39 is 0 Å². The third kappa shape index (κ3) is 6.23. The number of nitrogens with one attached hydrogen (secondary N) is 2. The molecule has 0 radical (unpaired) electrons. The third-order valence-corrected chi connectivity index (χ3v) is 6.58. The van der Waals surface area contributed by atoms with Gasteiger partial charge in [0.1, 0.15) is 5.82 Å². The first-order valence-electron chi connectivity index (χ1n) is 12.5. The number of aryl methyl sites for hydroxylation is 2. The van der Waals surface area contributed by atoms with Gasteiger partial charge in [-0.2, -0.15) is 4.52 Å². The molecular weight excluding hydrogens is 452 g/mol. The zero-order chi connectivity index (χ0) is 24.7. The highest BCUT2D eigenvalue weighted by Crippen LogP contribution is 2.18. The Kier molecular flexibility index (Phi) is 7.47. The maximum absolute atomic E-state index is 12.5. The first kappa shape index (κ1) is 23.9.